The van der Waals surface area contributed by atoms with Gasteiger partial charge in [-0.15, -0.1) is 0 Å². The lowest BCUT2D eigenvalue weighted by atomic mass is 9.96. The maximum atomic E-state index is 4.30. The first-order valence-electron chi connectivity index (χ1n) is 4.67. The van der Waals surface area contributed by atoms with Crippen LogP contribution in [0.15, 0.2) is 17.6 Å². The number of rotatable bonds is 3. The molecule has 0 radical (unpaired) electrons. The Morgan fingerprint density at radius 2 is 2.00 bits per heavy atom. The molecule has 1 aliphatic carbocycles. The van der Waals surface area contributed by atoms with Crippen LogP contribution < -0.4 is 0 Å². The molecule has 13 heavy (non-hydrogen) atoms. The normalized spacial score (nSPS) is 18.6. The molecule has 1 fully saturated rings. The molecule has 1 saturated carbocycles. The summed E-state index contributed by atoms with van der Waals surface area (Å²) in [5.74, 6) is 0. The minimum absolute atomic E-state index is 0.441. The average Bonchev–Trinajstić information content (AvgIpc) is 2.99. The average molecular weight is 194 g/mol. The van der Waals surface area contributed by atoms with Crippen molar-refractivity contribution in [1.29, 1.82) is 0 Å². The summed E-state index contributed by atoms with van der Waals surface area (Å²) in [6, 6.07) is 0. The first-order chi connectivity index (χ1) is 6.30. The number of thioether (sulfide) groups is 1. The Labute approximate surface area is 83.2 Å². The van der Waals surface area contributed by atoms with Crippen molar-refractivity contribution in [3.63, 3.8) is 0 Å². The number of aromatic nitrogens is 2. The monoisotopic (exact) mass is 194 g/mol. The van der Waals surface area contributed by atoms with Crippen LogP contribution in [0.4, 0.5) is 0 Å². The molecule has 2 rings (SSSR count). The van der Waals surface area contributed by atoms with E-state index in [-0.39, 0.29) is 0 Å². The topological polar surface area (TPSA) is 25.8 Å². The maximum absolute atomic E-state index is 4.30. The van der Waals surface area contributed by atoms with E-state index in [4.69, 9.17) is 0 Å². The van der Waals surface area contributed by atoms with E-state index >= 15 is 0 Å². The summed E-state index contributed by atoms with van der Waals surface area (Å²) >= 11 is 1.59. The van der Waals surface area contributed by atoms with Gasteiger partial charge in [-0.3, -0.25) is 0 Å². The molecule has 2 nitrogen and oxygen atoms in total. The smallest absolute Gasteiger partial charge is 0.187 e. The van der Waals surface area contributed by atoms with Crippen molar-refractivity contribution in [3.8, 4) is 0 Å². The fourth-order valence-corrected chi connectivity index (χ4v) is 2.01. The summed E-state index contributed by atoms with van der Waals surface area (Å²) in [6.07, 6.45) is 9.83. The van der Waals surface area contributed by atoms with Gasteiger partial charge in [0.15, 0.2) is 5.16 Å². The molecule has 0 N–H and O–H groups in total. The van der Waals surface area contributed by atoms with Crippen LogP contribution in [0.2, 0.25) is 0 Å². The molecule has 0 atom stereocenters. The molecule has 1 aromatic rings. The van der Waals surface area contributed by atoms with Gasteiger partial charge in [0, 0.05) is 12.4 Å². The summed E-state index contributed by atoms with van der Waals surface area (Å²) < 4.78 is 0. The Bertz CT molecular complexity index is 290. The van der Waals surface area contributed by atoms with Crippen LogP contribution in [0.1, 0.15) is 31.7 Å². The molecule has 0 bridgehead atoms. The van der Waals surface area contributed by atoms with Crippen LogP contribution in [-0.2, 0) is 5.41 Å². The van der Waals surface area contributed by atoms with E-state index in [1.165, 1.54) is 24.8 Å². The minimum atomic E-state index is 0.441. The Kier molecular flexibility index (Phi) is 2.28. The van der Waals surface area contributed by atoms with Crippen LogP contribution in [0.25, 0.3) is 0 Å². The molecule has 70 valence electrons. The van der Waals surface area contributed by atoms with Gasteiger partial charge in [0.2, 0.25) is 0 Å². The lowest BCUT2D eigenvalue weighted by Gasteiger charge is -2.11. The van der Waals surface area contributed by atoms with E-state index in [0.29, 0.717) is 5.41 Å². The van der Waals surface area contributed by atoms with E-state index in [2.05, 4.69) is 16.9 Å². The summed E-state index contributed by atoms with van der Waals surface area (Å²) in [6.45, 7) is 2.25. The van der Waals surface area contributed by atoms with Crippen molar-refractivity contribution in [3.05, 3.63) is 18.0 Å². The number of hydrogen-bond donors (Lipinski definition) is 0. The van der Waals surface area contributed by atoms with Crippen LogP contribution in [0.5, 0.6) is 0 Å². The highest BCUT2D eigenvalue weighted by molar-refractivity contribution is 7.98. The zero-order valence-corrected chi connectivity index (χ0v) is 8.90. The molecule has 3 heteroatoms. The van der Waals surface area contributed by atoms with Crippen LogP contribution >= 0.6 is 11.8 Å². The first-order valence-corrected chi connectivity index (χ1v) is 5.90. The summed E-state index contributed by atoms with van der Waals surface area (Å²) in [7, 11) is 0. The number of hydrogen-bond acceptors (Lipinski definition) is 3. The highest BCUT2D eigenvalue weighted by Crippen LogP contribution is 2.50. The fraction of sp³-hybridized carbons (Fsp3) is 0.600. The quantitative estimate of drug-likeness (QED) is 0.546. The second-order valence-electron chi connectivity index (χ2n) is 3.59. The highest BCUT2D eigenvalue weighted by Gasteiger charge is 2.42. The Morgan fingerprint density at radius 3 is 2.38 bits per heavy atom. The molecule has 0 unspecified atom stereocenters. The van der Waals surface area contributed by atoms with Gasteiger partial charge in [0.1, 0.15) is 0 Å². The van der Waals surface area contributed by atoms with Gasteiger partial charge in [-0.2, -0.15) is 0 Å². The molecular formula is C10H14N2S. The summed E-state index contributed by atoms with van der Waals surface area (Å²) in [4.78, 5) is 8.61. The van der Waals surface area contributed by atoms with E-state index in [1.54, 1.807) is 11.8 Å². The summed E-state index contributed by atoms with van der Waals surface area (Å²) in [5.41, 5.74) is 1.77. The number of nitrogens with zero attached hydrogens (tertiary/aromatic N) is 2. The Hall–Kier alpha value is -0.570. The standard InChI is InChI=1S/C10H14N2S/c1-3-10(4-5-10)8-6-11-9(13-2)12-7-8/h6-7H,3-5H2,1-2H3. The third-order valence-corrected chi connectivity index (χ3v) is 3.53. The second-order valence-corrected chi connectivity index (χ2v) is 4.37. The Balaban J connectivity index is 2.23. The highest BCUT2D eigenvalue weighted by atomic mass is 32.2. The van der Waals surface area contributed by atoms with Gasteiger partial charge in [-0.1, -0.05) is 18.7 Å². The van der Waals surface area contributed by atoms with Crippen LogP contribution in [0, 0.1) is 0 Å². The van der Waals surface area contributed by atoms with E-state index < -0.39 is 0 Å². The molecule has 1 aliphatic rings. The van der Waals surface area contributed by atoms with Crippen molar-refractivity contribution in [2.45, 2.75) is 36.8 Å². The fourth-order valence-electron chi connectivity index (χ4n) is 1.69. The van der Waals surface area contributed by atoms with Gasteiger partial charge in [0.05, 0.1) is 0 Å². The predicted molar refractivity (Wildman–Crippen MR) is 55.0 cm³/mol. The van der Waals surface area contributed by atoms with Gasteiger partial charge >= 0.3 is 0 Å². The van der Waals surface area contributed by atoms with Gasteiger partial charge in [-0.25, -0.2) is 9.97 Å². The third-order valence-electron chi connectivity index (χ3n) is 2.95. The molecule has 0 aromatic carbocycles. The molecule has 0 amide bonds. The van der Waals surface area contributed by atoms with E-state index in [9.17, 15) is 0 Å². The van der Waals surface area contributed by atoms with Crippen molar-refractivity contribution in [1.82, 2.24) is 9.97 Å². The van der Waals surface area contributed by atoms with Crippen molar-refractivity contribution in [2.24, 2.45) is 0 Å². The van der Waals surface area contributed by atoms with E-state index in [0.717, 1.165) is 5.16 Å². The second kappa shape index (κ2) is 3.29. The van der Waals surface area contributed by atoms with Gasteiger partial charge in [-0.05, 0) is 36.5 Å². The Morgan fingerprint density at radius 1 is 1.38 bits per heavy atom. The zero-order chi connectivity index (χ0) is 9.31. The zero-order valence-electron chi connectivity index (χ0n) is 8.08. The lowest BCUT2D eigenvalue weighted by Crippen LogP contribution is -2.05. The predicted octanol–water partition coefficient (Wildman–Crippen LogP) is 2.64. The first kappa shape index (κ1) is 9.00. The van der Waals surface area contributed by atoms with Gasteiger partial charge < -0.3 is 0 Å². The van der Waals surface area contributed by atoms with Crippen LogP contribution in [0.3, 0.4) is 0 Å². The van der Waals surface area contributed by atoms with E-state index in [1.807, 2.05) is 18.6 Å². The molecule has 0 spiro atoms. The lowest BCUT2D eigenvalue weighted by molar-refractivity contribution is 0.651. The largest absolute Gasteiger partial charge is 0.231 e. The third kappa shape index (κ3) is 1.57. The van der Waals surface area contributed by atoms with Crippen LogP contribution in [-0.4, -0.2) is 16.2 Å². The molecule has 1 aromatic heterocycles. The van der Waals surface area contributed by atoms with Crippen molar-refractivity contribution in [2.75, 3.05) is 6.26 Å². The van der Waals surface area contributed by atoms with Crippen molar-refractivity contribution >= 4 is 11.8 Å². The van der Waals surface area contributed by atoms with Crippen molar-refractivity contribution < 1.29 is 0 Å². The molecule has 0 saturated heterocycles. The molecule has 1 heterocycles. The molecular weight excluding hydrogens is 180 g/mol. The maximum Gasteiger partial charge on any atom is 0.187 e. The minimum Gasteiger partial charge on any atom is -0.231 e. The molecule has 0 aliphatic heterocycles. The van der Waals surface area contributed by atoms with Gasteiger partial charge in [0.25, 0.3) is 0 Å². The summed E-state index contributed by atoms with van der Waals surface area (Å²) in [5, 5.41) is 0.871. The SMILES string of the molecule is CCC1(c2cnc(SC)nc2)CC1.